The van der Waals surface area contributed by atoms with E-state index in [9.17, 15) is 0 Å². The fourth-order valence-electron chi connectivity index (χ4n) is 1.74. The van der Waals surface area contributed by atoms with Crippen LogP contribution in [0.15, 0.2) is 24.0 Å². The Hall–Kier alpha value is -2.06. The van der Waals surface area contributed by atoms with Crippen LogP contribution in [0.1, 0.15) is 10.7 Å². The van der Waals surface area contributed by atoms with Crippen LogP contribution in [0.5, 0.6) is 0 Å². The van der Waals surface area contributed by atoms with E-state index in [-0.39, 0.29) is 0 Å². The third kappa shape index (κ3) is 2.61. The first-order valence-corrected chi connectivity index (χ1v) is 7.56. The molecule has 6 nitrogen and oxygen atoms in total. The number of thiazole rings is 1. The quantitative estimate of drug-likeness (QED) is 0.770. The summed E-state index contributed by atoms with van der Waals surface area (Å²) in [7, 11) is 0. The van der Waals surface area contributed by atoms with Crippen molar-refractivity contribution >= 4 is 33.7 Å². The first-order valence-electron chi connectivity index (χ1n) is 5.90. The maximum atomic E-state index is 5.95. The van der Waals surface area contributed by atoms with Gasteiger partial charge in [-0.1, -0.05) is 0 Å². The summed E-state index contributed by atoms with van der Waals surface area (Å²) in [6, 6.07) is 1.87. The molecule has 3 aromatic heterocycles. The molecule has 0 unspecified atom stereocenters. The number of rotatable bonds is 4. The fourth-order valence-corrected chi connectivity index (χ4v) is 3.06. The Balaban J connectivity index is 1.84. The Bertz CT molecular complexity index is 706. The summed E-state index contributed by atoms with van der Waals surface area (Å²) in [6.07, 6.45) is 3.25. The molecule has 102 valence electrons. The first kappa shape index (κ1) is 12.9. The van der Waals surface area contributed by atoms with E-state index in [1.165, 1.54) is 17.9 Å². The van der Waals surface area contributed by atoms with Crippen molar-refractivity contribution in [1.29, 1.82) is 0 Å². The van der Waals surface area contributed by atoms with Gasteiger partial charge in [-0.3, -0.25) is 0 Å². The lowest BCUT2D eigenvalue weighted by atomic mass is 10.2. The van der Waals surface area contributed by atoms with Gasteiger partial charge in [-0.05, 0) is 24.5 Å². The highest BCUT2D eigenvalue weighted by Crippen LogP contribution is 2.37. The van der Waals surface area contributed by atoms with Crippen molar-refractivity contribution in [3.63, 3.8) is 0 Å². The van der Waals surface area contributed by atoms with Crippen LogP contribution in [0, 0.1) is 6.92 Å². The highest BCUT2D eigenvalue weighted by Gasteiger charge is 2.16. The lowest BCUT2D eigenvalue weighted by Crippen LogP contribution is -2.01. The third-order valence-corrected chi connectivity index (χ3v) is 4.26. The summed E-state index contributed by atoms with van der Waals surface area (Å²) in [6.45, 7) is 2.57. The van der Waals surface area contributed by atoms with Crippen molar-refractivity contribution in [2.75, 3.05) is 11.1 Å². The van der Waals surface area contributed by atoms with Gasteiger partial charge in [0, 0.05) is 11.6 Å². The van der Waals surface area contributed by atoms with Gasteiger partial charge < -0.3 is 11.1 Å². The topological polar surface area (TPSA) is 89.6 Å². The molecule has 0 saturated heterocycles. The summed E-state index contributed by atoms with van der Waals surface area (Å²) in [5.41, 5.74) is 8.59. The molecule has 0 aliphatic carbocycles. The van der Waals surface area contributed by atoms with Crippen LogP contribution in [0.3, 0.4) is 0 Å². The van der Waals surface area contributed by atoms with E-state index in [4.69, 9.17) is 5.73 Å². The predicted molar refractivity (Wildman–Crippen MR) is 81.7 cm³/mol. The number of nitrogens with one attached hydrogen (secondary N) is 1. The molecular weight excluding hydrogens is 292 g/mol. The smallest absolute Gasteiger partial charge is 0.148 e. The van der Waals surface area contributed by atoms with Crippen LogP contribution < -0.4 is 11.1 Å². The van der Waals surface area contributed by atoms with Gasteiger partial charge in [0.05, 0.1) is 28.5 Å². The Morgan fingerprint density at radius 2 is 2.30 bits per heavy atom. The maximum Gasteiger partial charge on any atom is 0.148 e. The molecule has 3 aromatic rings. The normalized spacial score (nSPS) is 10.7. The molecule has 0 aliphatic rings. The minimum atomic E-state index is 0.505. The molecule has 0 fully saturated rings. The number of hydrogen-bond donors (Lipinski definition) is 2. The molecule has 3 rings (SSSR count). The molecule has 0 amide bonds. The largest absolute Gasteiger partial charge is 0.382 e. The number of aryl methyl sites for hydroxylation is 1. The maximum absolute atomic E-state index is 5.95. The van der Waals surface area contributed by atoms with E-state index < -0.39 is 0 Å². The number of aromatic nitrogens is 4. The average molecular weight is 304 g/mol. The van der Waals surface area contributed by atoms with Crippen molar-refractivity contribution < 1.29 is 0 Å². The van der Waals surface area contributed by atoms with Gasteiger partial charge in [-0.2, -0.15) is 4.37 Å². The minimum Gasteiger partial charge on any atom is -0.382 e. The lowest BCUT2D eigenvalue weighted by Gasteiger charge is -2.04. The summed E-state index contributed by atoms with van der Waals surface area (Å²) in [4.78, 5) is 12.5. The first-order chi connectivity index (χ1) is 9.74. The highest BCUT2D eigenvalue weighted by atomic mass is 32.1. The molecule has 0 bridgehead atoms. The molecule has 8 heteroatoms. The van der Waals surface area contributed by atoms with Gasteiger partial charge in [0.15, 0.2) is 0 Å². The van der Waals surface area contributed by atoms with Gasteiger partial charge in [0.25, 0.3) is 0 Å². The zero-order valence-electron chi connectivity index (χ0n) is 10.7. The van der Waals surface area contributed by atoms with Gasteiger partial charge in [-0.15, -0.1) is 11.3 Å². The van der Waals surface area contributed by atoms with Gasteiger partial charge in [0.1, 0.15) is 17.1 Å². The van der Waals surface area contributed by atoms with E-state index in [2.05, 4.69) is 24.6 Å². The minimum absolute atomic E-state index is 0.505. The molecule has 0 aromatic carbocycles. The predicted octanol–water partition coefficient (Wildman–Crippen LogP) is 2.56. The monoisotopic (exact) mass is 304 g/mol. The van der Waals surface area contributed by atoms with Crippen molar-refractivity contribution in [2.24, 2.45) is 0 Å². The van der Waals surface area contributed by atoms with Crippen molar-refractivity contribution in [3.05, 3.63) is 34.7 Å². The van der Waals surface area contributed by atoms with Crippen LogP contribution in [0.25, 0.3) is 11.3 Å². The molecule has 3 N–H and O–H groups in total. The summed E-state index contributed by atoms with van der Waals surface area (Å²) in [5.74, 6) is 0.505. The molecule has 20 heavy (non-hydrogen) atoms. The van der Waals surface area contributed by atoms with Crippen LogP contribution >= 0.6 is 22.9 Å². The number of nitrogen functional groups attached to an aromatic ring is 1. The highest BCUT2D eigenvalue weighted by molar-refractivity contribution is 7.11. The van der Waals surface area contributed by atoms with E-state index in [1.54, 1.807) is 17.5 Å². The zero-order valence-corrected chi connectivity index (χ0v) is 12.3. The van der Waals surface area contributed by atoms with E-state index >= 15 is 0 Å². The van der Waals surface area contributed by atoms with Crippen LogP contribution in [-0.4, -0.2) is 19.3 Å². The zero-order chi connectivity index (χ0) is 13.9. The third-order valence-electron chi connectivity index (χ3n) is 2.67. The molecule has 0 spiro atoms. The summed E-state index contributed by atoms with van der Waals surface area (Å²) >= 11 is 2.93. The van der Waals surface area contributed by atoms with Crippen molar-refractivity contribution in [3.8, 4) is 11.3 Å². The standard InChI is InChI=1S/C12H12N6S2/c1-7-17-9(5-19-7)10-11(13)18-20-12(10)15-4-8-2-3-14-6-16-8/h2-3,5-6,15H,4H2,1H3,(H2,13,18). The fraction of sp³-hybridized carbons (Fsp3) is 0.167. The van der Waals surface area contributed by atoms with E-state index in [1.807, 2.05) is 18.4 Å². The Kier molecular flexibility index (Phi) is 3.57. The second-order valence-electron chi connectivity index (χ2n) is 4.08. The Morgan fingerprint density at radius 1 is 1.40 bits per heavy atom. The SMILES string of the molecule is Cc1nc(-c2c(N)nsc2NCc2ccncn2)cs1. The second-order valence-corrected chi connectivity index (χ2v) is 5.91. The summed E-state index contributed by atoms with van der Waals surface area (Å²) in [5, 5.41) is 7.22. The average Bonchev–Trinajstić information content (AvgIpc) is 3.03. The lowest BCUT2D eigenvalue weighted by molar-refractivity contribution is 1.01. The van der Waals surface area contributed by atoms with Crippen LogP contribution in [-0.2, 0) is 6.54 Å². The van der Waals surface area contributed by atoms with Gasteiger partial charge >= 0.3 is 0 Å². The number of anilines is 2. The van der Waals surface area contributed by atoms with E-state index in [0.717, 1.165) is 27.0 Å². The molecule has 0 atom stereocenters. The number of nitrogens with two attached hydrogens (primary N) is 1. The van der Waals surface area contributed by atoms with Crippen molar-refractivity contribution in [1.82, 2.24) is 19.3 Å². The molecule has 0 radical (unpaired) electrons. The number of hydrogen-bond acceptors (Lipinski definition) is 8. The van der Waals surface area contributed by atoms with Crippen molar-refractivity contribution in [2.45, 2.75) is 13.5 Å². The van der Waals surface area contributed by atoms with Crippen LogP contribution in [0.4, 0.5) is 10.8 Å². The Morgan fingerprint density at radius 3 is 3.00 bits per heavy atom. The van der Waals surface area contributed by atoms with Gasteiger partial charge in [-0.25, -0.2) is 15.0 Å². The van der Waals surface area contributed by atoms with Crippen LogP contribution in [0.2, 0.25) is 0 Å². The second kappa shape index (κ2) is 5.51. The van der Waals surface area contributed by atoms with E-state index in [0.29, 0.717) is 12.4 Å². The molecule has 0 aliphatic heterocycles. The Labute approximate surface area is 123 Å². The molecule has 0 saturated carbocycles. The number of nitrogens with zero attached hydrogens (tertiary/aromatic N) is 4. The molecular formula is C12H12N6S2. The van der Waals surface area contributed by atoms with Gasteiger partial charge in [0.2, 0.25) is 0 Å². The summed E-state index contributed by atoms with van der Waals surface area (Å²) < 4.78 is 4.20. The molecule has 3 heterocycles.